The van der Waals surface area contributed by atoms with E-state index < -0.39 is 0 Å². The molecule has 104 valence electrons. The lowest BCUT2D eigenvalue weighted by molar-refractivity contribution is 0.856. The minimum atomic E-state index is 0.595. The maximum atomic E-state index is 5.93. The minimum absolute atomic E-state index is 0.595. The fourth-order valence-corrected chi connectivity index (χ4v) is 2.24. The maximum absolute atomic E-state index is 5.93. The second-order valence-corrected chi connectivity index (χ2v) is 4.93. The van der Waals surface area contributed by atoms with Crippen LogP contribution in [-0.2, 0) is 13.0 Å². The molecule has 5 nitrogen and oxygen atoms in total. The highest BCUT2D eigenvalue weighted by Crippen LogP contribution is 2.13. The molecule has 0 atom stereocenters. The minimum Gasteiger partial charge on any atom is -0.366 e. The van der Waals surface area contributed by atoms with Crippen molar-refractivity contribution in [2.75, 3.05) is 5.32 Å². The van der Waals surface area contributed by atoms with Gasteiger partial charge in [-0.2, -0.15) is 9.61 Å². The first-order chi connectivity index (χ1) is 10.3. The molecule has 0 unspecified atom stereocenters. The smallest absolute Gasteiger partial charge is 0.150 e. The molecule has 0 aliphatic carbocycles. The van der Waals surface area contributed by atoms with Gasteiger partial charge >= 0.3 is 0 Å². The van der Waals surface area contributed by atoms with Gasteiger partial charge < -0.3 is 5.32 Å². The van der Waals surface area contributed by atoms with Crippen molar-refractivity contribution in [1.82, 2.24) is 19.6 Å². The first-order valence-electron chi connectivity index (χ1n) is 7.04. The Morgan fingerprint density at radius 2 is 2.24 bits per heavy atom. The zero-order chi connectivity index (χ0) is 14.7. The standard InChI is InChI=1S/C15H16BN5/c1-2-4-12-7-14(18-9-11-5-3-6-17-8-11)21-15(20-12)13(16)10-19-21/h3,5-8,10,18H,2,4,9H2,1H3. The SMILES string of the molecule is [B]c1cnn2c(NCc3cccnc3)cc(CCC)nc12. The van der Waals surface area contributed by atoms with Crippen LogP contribution in [0.2, 0.25) is 0 Å². The van der Waals surface area contributed by atoms with E-state index >= 15 is 0 Å². The van der Waals surface area contributed by atoms with Crippen LogP contribution in [0.5, 0.6) is 0 Å². The second-order valence-electron chi connectivity index (χ2n) is 4.93. The van der Waals surface area contributed by atoms with Crippen molar-refractivity contribution in [3.8, 4) is 0 Å². The Kier molecular flexibility index (Phi) is 3.86. The molecular weight excluding hydrogens is 261 g/mol. The molecule has 0 aliphatic rings. The van der Waals surface area contributed by atoms with Crippen LogP contribution in [0, 0.1) is 0 Å². The summed E-state index contributed by atoms with van der Waals surface area (Å²) in [7, 11) is 5.93. The van der Waals surface area contributed by atoms with Crippen LogP contribution in [0.15, 0.2) is 36.8 Å². The van der Waals surface area contributed by atoms with E-state index in [2.05, 4.69) is 27.3 Å². The van der Waals surface area contributed by atoms with Gasteiger partial charge in [-0.3, -0.25) is 4.98 Å². The monoisotopic (exact) mass is 277 g/mol. The fraction of sp³-hybridized carbons (Fsp3) is 0.267. The third kappa shape index (κ3) is 2.89. The normalized spacial score (nSPS) is 10.9. The van der Waals surface area contributed by atoms with E-state index in [1.54, 1.807) is 16.9 Å². The van der Waals surface area contributed by atoms with Crippen molar-refractivity contribution in [3.05, 3.63) is 48.0 Å². The lowest BCUT2D eigenvalue weighted by Gasteiger charge is -2.10. The van der Waals surface area contributed by atoms with Crippen molar-refractivity contribution in [2.45, 2.75) is 26.3 Å². The zero-order valence-corrected chi connectivity index (χ0v) is 12.0. The van der Waals surface area contributed by atoms with Gasteiger partial charge in [0, 0.05) is 36.9 Å². The van der Waals surface area contributed by atoms with Crippen LogP contribution >= 0.6 is 0 Å². The van der Waals surface area contributed by atoms with Gasteiger partial charge in [-0.05, 0) is 23.5 Å². The summed E-state index contributed by atoms with van der Waals surface area (Å²) in [6.07, 6.45) is 7.20. The summed E-state index contributed by atoms with van der Waals surface area (Å²) in [6, 6.07) is 5.98. The Morgan fingerprint density at radius 3 is 3.00 bits per heavy atom. The van der Waals surface area contributed by atoms with Crippen molar-refractivity contribution < 1.29 is 0 Å². The van der Waals surface area contributed by atoms with Crippen LogP contribution < -0.4 is 10.8 Å². The van der Waals surface area contributed by atoms with Crippen molar-refractivity contribution in [1.29, 1.82) is 0 Å². The number of pyridine rings is 1. The predicted molar refractivity (Wildman–Crippen MR) is 83.9 cm³/mol. The molecule has 2 radical (unpaired) electrons. The van der Waals surface area contributed by atoms with Gasteiger partial charge in [0.1, 0.15) is 19.3 Å². The molecule has 0 bridgehead atoms. The fourth-order valence-electron chi connectivity index (χ4n) is 2.24. The summed E-state index contributed by atoms with van der Waals surface area (Å²) in [6.45, 7) is 2.81. The summed E-state index contributed by atoms with van der Waals surface area (Å²) < 4.78 is 1.74. The van der Waals surface area contributed by atoms with Gasteiger partial charge in [-0.15, -0.1) is 0 Å². The molecule has 0 aromatic carbocycles. The number of hydrogen-bond donors (Lipinski definition) is 1. The number of anilines is 1. The van der Waals surface area contributed by atoms with Crippen LogP contribution in [0.3, 0.4) is 0 Å². The molecule has 3 heterocycles. The number of aryl methyl sites for hydroxylation is 1. The van der Waals surface area contributed by atoms with E-state index in [9.17, 15) is 0 Å². The molecule has 0 amide bonds. The average Bonchev–Trinajstić information content (AvgIpc) is 2.88. The van der Waals surface area contributed by atoms with E-state index in [-0.39, 0.29) is 0 Å². The van der Waals surface area contributed by atoms with Crippen molar-refractivity contribution in [2.24, 2.45) is 0 Å². The molecule has 6 heteroatoms. The number of hydrogen-bond acceptors (Lipinski definition) is 4. The predicted octanol–water partition coefficient (Wildman–Crippen LogP) is 1.48. The number of nitrogens with zero attached hydrogens (tertiary/aromatic N) is 4. The summed E-state index contributed by atoms with van der Waals surface area (Å²) in [5.74, 6) is 0.893. The van der Waals surface area contributed by atoms with E-state index in [1.165, 1.54) is 0 Å². The quantitative estimate of drug-likeness (QED) is 0.718. The molecule has 0 aliphatic heterocycles. The molecule has 3 aromatic rings. The molecule has 0 saturated heterocycles. The lowest BCUT2D eigenvalue weighted by Crippen LogP contribution is -2.10. The molecule has 21 heavy (non-hydrogen) atoms. The van der Waals surface area contributed by atoms with Crippen LogP contribution in [-0.4, -0.2) is 27.4 Å². The van der Waals surface area contributed by atoms with Gasteiger partial charge in [0.15, 0.2) is 0 Å². The Labute approximate surface area is 124 Å². The summed E-state index contributed by atoms with van der Waals surface area (Å²) >= 11 is 0. The van der Waals surface area contributed by atoms with Gasteiger partial charge in [0.25, 0.3) is 0 Å². The number of rotatable bonds is 5. The van der Waals surface area contributed by atoms with Crippen molar-refractivity contribution >= 4 is 24.8 Å². The first-order valence-corrected chi connectivity index (χ1v) is 7.04. The van der Waals surface area contributed by atoms with E-state index in [0.717, 1.165) is 29.9 Å². The number of aromatic nitrogens is 4. The first kappa shape index (κ1) is 13.6. The Balaban J connectivity index is 1.92. The van der Waals surface area contributed by atoms with Gasteiger partial charge in [-0.1, -0.05) is 19.4 Å². The van der Waals surface area contributed by atoms with Gasteiger partial charge in [0.2, 0.25) is 0 Å². The molecule has 0 fully saturated rings. The van der Waals surface area contributed by atoms with E-state index in [1.807, 2.05) is 24.4 Å². The zero-order valence-electron chi connectivity index (χ0n) is 12.0. The Hall–Kier alpha value is -2.37. The molecule has 0 saturated carbocycles. The number of fused-ring (bicyclic) bond motifs is 1. The molecular formula is C15H16BN5. The highest BCUT2D eigenvalue weighted by Gasteiger charge is 2.08. The average molecular weight is 277 g/mol. The highest BCUT2D eigenvalue weighted by atomic mass is 15.3. The second kappa shape index (κ2) is 5.95. The van der Waals surface area contributed by atoms with Gasteiger partial charge in [-0.25, -0.2) is 4.98 Å². The number of nitrogens with one attached hydrogen (secondary N) is 1. The topological polar surface area (TPSA) is 55.1 Å². The van der Waals surface area contributed by atoms with Crippen molar-refractivity contribution in [3.63, 3.8) is 0 Å². The van der Waals surface area contributed by atoms with Crippen LogP contribution in [0.1, 0.15) is 24.6 Å². The molecule has 0 spiro atoms. The van der Waals surface area contributed by atoms with E-state index in [4.69, 9.17) is 7.85 Å². The van der Waals surface area contributed by atoms with E-state index in [0.29, 0.717) is 17.7 Å². The van der Waals surface area contributed by atoms with Crippen LogP contribution in [0.25, 0.3) is 5.65 Å². The van der Waals surface area contributed by atoms with Gasteiger partial charge in [0.05, 0.1) is 0 Å². The third-order valence-electron chi connectivity index (χ3n) is 3.25. The Morgan fingerprint density at radius 1 is 1.33 bits per heavy atom. The molecule has 3 aromatic heterocycles. The maximum Gasteiger partial charge on any atom is 0.150 e. The summed E-state index contributed by atoms with van der Waals surface area (Å²) in [4.78, 5) is 8.68. The summed E-state index contributed by atoms with van der Waals surface area (Å²) in [5, 5.41) is 7.66. The highest BCUT2D eigenvalue weighted by molar-refractivity contribution is 6.36. The largest absolute Gasteiger partial charge is 0.366 e. The molecule has 3 rings (SSSR count). The lowest BCUT2D eigenvalue weighted by atomic mass is 10.0. The summed E-state index contributed by atoms with van der Waals surface area (Å²) in [5.41, 5.74) is 3.43. The Bertz CT molecular complexity index is 738. The molecule has 1 N–H and O–H groups in total. The van der Waals surface area contributed by atoms with Crippen LogP contribution in [0.4, 0.5) is 5.82 Å². The third-order valence-corrected chi connectivity index (χ3v) is 3.25.